The summed E-state index contributed by atoms with van der Waals surface area (Å²) in [6, 6.07) is -0.177. The van der Waals surface area contributed by atoms with E-state index >= 15 is 0 Å². The molecule has 3 nitrogen and oxygen atoms in total. The van der Waals surface area contributed by atoms with Gasteiger partial charge >= 0.3 is 0 Å². The zero-order valence-electron chi connectivity index (χ0n) is 8.68. The number of carbonyl (C=O) groups excluding carboxylic acids is 1. The first-order chi connectivity index (χ1) is 6.62. The number of carbonyl (C=O) groups is 1. The molecule has 0 aromatic heterocycles. The van der Waals surface area contributed by atoms with E-state index in [9.17, 15) is 4.79 Å². The van der Waals surface area contributed by atoms with Gasteiger partial charge in [-0.15, -0.1) is 6.42 Å². The molecule has 78 valence electrons. The summed E-state index contributed by atoms with van der Waals surface area (Å²) in [6.07, 6.45) is 9.65. The van der Waals surface area contributed by atoms with Crippen LogP contribution in [0, 0.1) is 12.3 Å². The topological polar surface area (TPSA) is 55.1 Å². The van der Waals surface area contributed by atoms with Gasteiger partial charge in [0.25, 0.3) is 0 Å². The lowest BCUT2D eigenvalue weighted by atomic mass is 9.97. The van der Waals surface area contributed by atoms with Crippen molar-refractivity contribution in [3.63, 3.8) is 0 Å². The van der Waals surface area contributed by atoms with Crippen molar-refractivity contribution in [1.29, 1.82) is 0 Å². The minimum absolute atomic E-state index is 0.0835. The van der Waals surface area contributed by atoms with Crippen LogP contribution in [0.4, 0.5) is 0 Å². The first-order valence-electron chi connectivity index (χ1n) is 5.18. The molecule has 0 aliphatic heterocycles. The second-order valence-corrected chi connectivity index (χ2v) is 3.96. The van der Waals surface area contributed by atoms with Crippen LogP contribution < -0.4 is 11.1 Å². The van der Waals surface area contributed by atoms with Gasteiger partial charge in [0.05, 0.1) is 11.6 Å². The maximum Gasteiger partial charge on any atom is 0.241 e. The van der Waals surface area contributed by atoms with E-state index in [0.717, 1.165) is 32.1 Å². The minimum Gasteiger partial charge on any atom is -0.341 e. The van der Waals surface area contributed by atoms with Crippen LogP contribution in [0.2, 0.25) is 0 Å². The van der Waals surface area contributed by atoms with Crippen molar-refractivity contribution < 1.29 is 4.79 Å². The molecule has 1 fully saturated rings. The van der Waals surface area contributed by atoms with Gasteiger partial charge in [0.2, 0.25) is 5.91 Å². The third kappa shape index (κ3) is 2.27. The summed E-state index contributed by atoms with van der Waals surface area (Å²) in [7, 11) is 0. The summed E-state index contributed by atoms with van der Waals surface area (Å²) in [5.74, 6) is 2.45. The lowest BCUT2D eigenvalue weighted by Crippen LogP contribution is -2.54. The molecule has 0 spiro atoms. The maximum absolute atomic E-state index is 11.8. The lowest BCUT2D eigenvalue weighted by Gasteiger charge is -2.24. The third-order valence-corrected chi connectivity index (χ3v) is 2.86. The van der Waals surface area contributed by atoms with Crippen LogP contribution in [0.25, 0.3) is 0 Å². The monoisotopic (exact) mass is 194 g/mol. The van der Waals surface area contributed by atoms with Crippen molar-refractivity contribution in [3.8, 4) is 12.3 Å². The zero-order chi connectivity index (χ0) is 10.6. The highest BCUT2D eigenvalue weighted by Crippen LogP contribution is 2.27. The van der Waals surface area contributed by atoms with Crippen LogP contribution in [0.15, 0.2) is 0 Å². The highest BCUT2D eigenvalue weighted by Gasteiger charge is 2.37. The summed E-state index contributed by atoms with van der Waals surface area (Å²) in [4.78, 5) is 11.8. The normalized spacial score (nSPS) is 21.2. The molecule has 1 saturated carbocycles. The SMILES string of the molecule is C#CC(CC)NC(=O)C1(N)CCCC1. The number of hydrogen-bond donors (Lipinski definition) is 2. The standard InChI is InChI=1S/C11H18N2O/c1-3-9(4-2)13-10(14)11(12)7-5-6-8-11/h1,9H,4-8,12H2,2H3,(H,13,14). The van der Waals surface area contributed by atoms with E-state index in [1.54, 1.807) is 0 Å². The fourth-order valence-electron chi connectivity index (χ4n) is 1.80. The van der Waals surface area contributed by atoms with Crippen LogP contribution in [0.3, 0.4) is 0 Å². The highest BCUT2D eigenvalue weighted by molar-refractivity contribution is 5.86. The van der Waals surface area contributed by atoms with Gasteiger partial charge in [-0.1, -0.05) is 25.7 Å². The zero-order valence-corrected chi connectivity index (χ0v) is 8.68. The van der Waals surface area contributed by atoms with Gasteiger partial charge in [0.1, 0.15) is 0 Å². The van der Waals surface area contributed by atoms with Gasteiger partial charge in [-0.05, 0) is 19.3 Å². The molecule has 0 radical (unpaired) electrons. The Bertz CT molecular complexity index is 249. The summed E-state index contributed by atoms with van der Waals surface area (Å²) < 4.78 is 0. The Morgan fingerprint density at radius 3 is 2.64 bits per heavy atom. The van der Waals surface area contributed by atoms with E-state index in [0.29, 0.717) is 0 Å². The van der Waals surface area contributed by atoms with E-state index in [4.69, 9.17) is 12.2 Å². The average Bonchev–Trinajstić information content (AvgIpc) is 2.62. The summed E-state index contributed by atoms with van der Waals surface area (Å²) in [5, 5.41) is 2.80. The molecule has 1 unspecified atom stereocenters. The number of nitrogens with one attached hydrogen (secondary N) is 1. The van der Waals surface area contributed by atoms with Gasteiger partial charge in [-0.2, -0.15) is 0 Å². The molecule has 1 aliphatic carbocycles. The van der Waals surface area contributed by atoms with Gasteiger partial charge in [0, 0.05) is 0 Å². The number of terminal acetylenes is 1. The van der Waals surface area contributed by atoms with Crippen LogP contribution in [-0.2, 0) is 4.79 Å². The van der Waals surface area contributed by atoms with Crippen LogP contribution in [-0.4, -0.2) is 17.5 Å². The van der Waals surface area contributed by atoms with Crippen molar-refractivity contribution in [2.24, 2.45) is 5.73 Å². The first-order valence-corrected chi connectivity index (χ1v) is 5.18. The molecule has 1 rings (SSSR count). The van der Waals surface area contributed by atoms with Gasteiger partial charge < -0.3 is 11.1 Å². The molecule has 0 aromatic carbocycles. The van der Waals surface area contributed by atoms with Crippen molar-refractivity contribution >= 4 is 5.91 Å². The molecule has 3 N–H and O–H groups in total. The number of hydrogen-bond acceptors (Lipinski definition) is 2. The van der Waals surface area contributed by atoms with E-state index < -0.39 is 5.54 Å². The first kappa shape index (κ1) is 11.1. The molecule has 0 aromatic rings. The minimum atomic E-state index is -0.662. The van der Waals surface area contributed by atoms with Crippen LogP contribution in [0.5, 0.6) is 0 Å². The molecular weight excluding hydrogens is 176 g/mol. The fourth-order valence-corrected chi connectivity index (χ4v) is 1.80. The molecule has 0 saturated heterocycles. The van der Waals surface area contributed by atoms with E-state index in [-0.39, 0.29) is 11.9 Å². The molecule has 0 heterocycles. The largest absolute Gasteiger partial charge is 0.341 e. The van der Waals surface area contributed by atoms with Gasteiger partial charge in [-0.3, -0.25) is 4.79 Å². The van der Waals surface area contributed by atoms with Crippen molar-refractivity contribution in [1.82, 2.24) is 5.32 Å². The Hall–Kier alpha value is -1.01. The Morgan fingerprint density at radius 2 is 2.21 bits per heavy atom. The molecular formula is C11H18N2O. The van der Waals surface area contributed by atoms with Gasteiger partial charge in [0.15, 0.2) is 0 Å². The number of nitrogens with two attached hydrogens (primary N) is 1. The Labute approximate surface area is 85.4 Å². The molecule has 14 heavy (non-hydrogen) atoms. The number of amides is 1. The second kappa shape index (κ2) is 4.47. The molecule has 1 amide bonds. The predicted octanol–water partition coefficient (Wildman–Crippen LogP) is 0.786. The smallest absolute Gasteiger partial charge is 0.241 e. The predicted molar refractivity (Wildman–Crippen MR) is 56.4 cm³/mol. The lowest BCUT2D eigenvalue weighted by molar-refractivity contribution is -0.126. The molecule has 1 atom stereocenters. The Morgan fingerprint density at radius 1 is 1.64 bits per heavy atom. The fraction of sp³-hybridized carbons (Fsp3) is 0.727. The van der Waals surface area contributed by atoms with Crippen LogP contribution in [0.1, 0.15) is 39.0 Å². The van der Waals surface area contributed by atoms with Crippen LogP contribution >= 0.6 is 0 Å². The summed E-state index contributed by atoms with van der Waals surface area (Å²) >= 11 is 0. The second-order valence-electron chi connectivity index (χ2n) is 3.96. The Balaban J connectivity index is 2.53. The van der Waals surface area contributed by atoms with E-state index in [1.165, 1.54) is 0 Å². The third-order valence-electron chi connectivity index (χ3n) is 2.86. The molecule has 1 aliphatic rings. The molecule has 3 heteroatoms. The van der Waals surface area contributed by atoms with Crippen molar-refractivity contribution in [3.05, 3.63) is 0 Å². The maximum atomic E-state index is 11.8. The summed E-state index contributed by atoms with van der Waals surface area (Å²) in [6.45, 7) is 1.95. The quantitative estimate of drug-likeness (QED) is 0.652. The Kier molecular flexibility index (Phi) is 3.54. The average molecular weight is 194 g/mol. The molecule has 0 bridgehead atoms. The van der Waals surface area contributed by atoms with Gasteiger partial charge in [-0.25, -0.2) is 0 Å². The summed E-state index contributed by atoms with van der Waals surface area (Å²) in [5.41, 5.74) is 5.32. The highest BCUT2D eigenvalue weighted by atomic mass is 16.2. The number of rotatable bonds is 3. The van der Waals surface area contributed by atoms with E-state index in [2.05, 4.69) is 11.2 Å². The van der Waals surface area contributed by atoms with Crippen molar-refractivity contribution in [2.75, 3.05) is 0 Å². The van der Waals surface area contributed by atoms with E-state index in [1.807, 2.05) is 6.92 Å². The van der Waals surface area contributed by atoms with Crippen molar-refractivity contribution in [2.45, 2.75) is 50.6 Å².